The predicted octanol–water partition coefficient (Wildman–Crippen LogP) is 2.77. The lowest BCUT2D eigenvalue weighted by Crippen LogP contribution is -2.38. The van der Waals surface area contributed by atoms with Gasteiger partial charge in [0.15, 0.2) is 0 Å². The zero-order valence-electron chi connectivity index (χ0n) is 13.8. The molecule has 0 bridgehead atoms. The standard InChI is InChI=1S/C17H28N2O4/c20-17(23-16-9-7-15(8-10-16)19(21)22)13-3-5-14(6-4-13)18-11-1-2-12-18/h13-16H,1-12H2. The molecule has 0 N–H and O–H groups in total. The average molecular weight is 324 g/mol. The van der Waals surface area contributed by atoms with Gasteiger partial charge >= 0.3 is 5.97 Å². The molecule has 23 heavy (non-hydrogen) atoms. The highest BCUT2D eigenvalue weighted by molar-refractivity contribution is 5.72. The highest BCUT2D eigenvalue weighted by Crippen LogP contribution is 2.31. The van der Waals surface area contributed by atoms with E-state index in [1.54, 1.807) is 0 Å². The molecule has 0 atom stereocenters. The monoisotopic (exact) mass is 324 g/mol. The summed E-state index contributed by atoms with van der Waals surface area (Å²) in [5, 5.41) is 10.8. The topological polar surface area (TPSA) is 72.7 Å². The van der Waals surface area contributed by atoms with Crippen LogP contribution in [0, 0.1) is 16.0 Å². The Kier molecular flexibility index (Phi) is 5.51. The van der Waals surface area contributed by atoms with E-state index in [-0.39, 0.29) is 22.9 Å². The molecule has 0 amide bonds. The van der Waals surface area contributed by atoms with E-state index in [0.29, 0.717) is 31.7 Å². The second-order valence-electron chi connectivity index (χ2n) is 7.40. The SMILES string of the molecule is O=C(OC1CCC([N+](=O)[O-])CC1)C1CCC(N2CCCC2)CC1. The third-order valence-corrected chi connectivity index (χ3v) is 5.91. The molecule has 1 heterocycles. The first-order chi connectivity index (χ1) is 11.1. The second-order valence-corrected chi connectivity index (χ2v) is 7.40. The normalized spacial score (nSPS) is 35.8. The van der Waals surface area contributed by atoms with Gasteiger partial charge in [-0.05, 0) is 64.5 Å². The van der Waals surface area contributed by atoms with Gasteiger partial charge in [-0.15, -0.1) is 0 Å². The highest BCUT2D eigenvalue weighted by Gasteiger charge is 2.34. The Balaban J connectivity index is 1.39. The summed E-state index contributed by atoms with van der Waals surface area (Å²) in [6, 6.07) is 0.220. The minimum Gasteiger partial charge on any atom is -0.462 e. The van der Waals surface area contributed by atoms with Crippen LogP contribution < -0.4 is 0 Å². The number of hydrogen-bond acceptors (Lipinski definition) is 5. The molecule has 3 fully saturated rings. The molecule has 0 spiro atoms. The maximum absolute atomic E-state index is 12.3. The van der Waals surface area contributed by atoms with Gasteiger partial charge in [-0.2, -0.15) is 0 Å². The van der Waals surface area contributed by atoms with E-state index in [1.807, 2.05) is 0 Å². The van der Waals surface area contributed by atoms with Crippen molar-refractivity contribution in [1.29, 1.82) is 0 Å². The van der Waals surface area contributed by atoms with Crippen LogP contribution >= 0.6 is 0 Å². The molecule has 0 unspecified atom stereocenters. The fraction of sp³-hybridized carbons (Fsp3) is 0.941. The van der Waals surface area contributed by atoms with Crippen LogP contribution in [0.15, 0.2) is 0 Å². The first-order valence-electron chi connectivity index (χ1n) is 9.21. The number of carbonyl (C=O) groups excluding carboxylic acids is 1. The van der Waals surface area contributed by atoms with Crippen LogP contribution in [0.1, 0.15) is 64.2 Å². The maximum atomic E-state index is 12.3. The van der Waals surface area contributed by atoms with E-state index in [4.69, 9.17) is 4.74 Å². The first-order valence-corrected chi connectivity index (χ1v) is 9.21. The summed E-state index contributed by atoms with van der Waals surface area (Å²) in [6.07, 6.45) is 8.95. The fourth-order valence-corrected chi connectivity index (χ4v) is 4.42. The van der Waals surface area contributed by atoms with Crippen LogP contribution in [0.25, 0.3) is 0 Å². The summed E-state index contributed by atoms with van der Waals surface area (Å²) in [4.78, 5) is 25.5. The van der Waals surface area contributed by atoms with Gasteiger partial charge in [0.25, 0.3) is 0 Å². The van der Waals surface area contributed by atoms with Crippen LogP contribution in [0.2, 0.25) is 0 Å². The van der Waals surface area contributed by atoms with Crippen molar-refractivity contribution >= 4 is 5.97 Å². The van der Waals surface area contributed by atoms with Crippen LogP contribution in [0.3, 0.4) is 0 Å². The van der Waals surface area contributed by atoms with Gasteiger partial charge in [0.05, 0.1) is 5.92 Å². The van der Waals surface area contributed by atoms with Crippen molar-refractivity contribution in [3.63, 3.8) is 0 Å². The van der Waals surface area contributed by atoms with Gasteiger partial charge < -0.3 is 9.64 Å². The molecule has 0 aromatic heterocycles. The van der Waals surface area contributed by atoms with Gasteiger partial charge in [-0.25, -0.2) is 0 Å². The van der Waals surface area contributed by atoms with Crippen LogP contribution in [-0.2, 0) is 9.53 Å². The summed E-state index contributed by atoms with van der Waals surface area (Å²) in [7, 11) is 0. The third kappa shape index (κ3) is 4.22. The van der Waals surface area contributed by atoms with Crippen LogP contribution in [0.5, 0.6) is 0 Å². The average Bonchev–Trinajstić information content (AvgIpc) is 3.10. The minimum absolute atomic E-state index is 0.0436. The van der Waals surface area contributed by atoms with Gasteiger partial charge in [0.2, 0.25) is 6.04 Å². The van der Waals surface area contributed by atoms with Gasteiger partial charge in [-0.3, -0.25) is 14.9 Å². The van der Waals surface area contributed by atoms with Crippen molar-refractivity contribution in [1.82, 2.24) is 4.90 Å². The fourth-order valence-electron chi connectivity index (χ4n) is 4.42. The van der Waals surface area contributed by atoms with E-state index in [2.05, 4.69) is 4.90 Å². The lowest BCUT2D eigenvalue weighted by atomic mass is 9.85. The molecule has 2 aliphatic carbocycles. The molecule has 2 saturated carbocycles. The van der Waals surface area contributed by atoms with Crippen LogP contribution in [-0.4, -0.2) is 47.1 Å². The summed E-state index contributed by atoms with van der Waals surface area (Å²) in [5.74, 6) is -0.0171. The molecular weight excluding hydrogens is 296 g/mol. The Hall–Kier alpha value is -1.17. The van der Waals surface area contributed by atoms with E-state index >= 15 is 0 Å². The van der Waals surface area contributed by atoms with Gasteiger partial charge in [0, 0.05) is 23.8 Å². The Morgan fingerprint density at radius 3 is 2.13 bits per heavy atom. The van der Waals surface area contributed by atoms with Crippen molar-refractivity contribution in [3.8, 4) is 0 Å². The molecule has 0 aromatic carbocycles. The van der Waals surface area contributed by atoms with Gasteiger partial charge in [-0.1, -0.05) is 0 Å². The molecule has 1 saturated heterocycles. The molecule has 0 radical (unpaired) electrons. The van der Waals surface area contributed by atoms with E-state index in [0.717, 1.165) is 25.7 Å². The second kappa shape index (κ2) is 7.60. The number of rotatable bonds is 4. The predicted molar refractivity (Wildman–Crippen MR) is 85.7 cm³/mol. The van der Waals surface area contributed by atoms with Crippen molar-refractivity contribution in [2.24, 2.45) is 5.92 Å². The number of esters is 1. The van der Waals surface area contributed by atoms with Gasteiger partial charge in [0.1, 0.15) is 6.10 Å². The van der Waals surface area contributed by atoms with E-state index < -0.39 is 6.04 Å². The lowest BCUT2D eigenvalue weighted by Gasteiger charge is -2.34. The largest absolute Gasteiger partial charge is 0.462 e. The molecule has 3 rings (SSSR count). The van der Waals surface area contributed by atoms with E-state index in [9.17, 15) is 14.9 Å². The number of likely N-dealkylation sites (tertiary alicyclic amines) is 1. The summed E-state index contributed by atoms with van der Waals surface area (Å²) in [5.41, 5.74) is 0. The molecule has 130 valence electrons. The Bertz CT molecular complexity index is 420. The number of nitrogens with zero attached hydrogens (tertiary/aromatic N) is 2. The summed E-state index contributed by atoms with van der Waals surface area (Å²) < 4.78 is 5.64. The smallest absolute Gasteiger partial charge is 0.309 e. The zero-order chi connectivity index (χ0) is 16.2. The molecular formula is C17H28N2O4. The lowest BCUT2D eigenvalue weighted by molar-refractivity contribution is -0.527. The highest BCUT2D eigenvalue weighted by atomic mass is 16.6. The van der Waals surface area contributed by atoms with Crippen molar-refractivity contribution in [2.75, 3.05) is 13.1 Å². The molecule has 0 aromatic rings. The third-order valence-electron chi connectivity index (χ3n) is 5.91. The molecule has 6 heteroatoms. The molecule has 3 aliphatic rings. The Morgan fingerprint density at radius 2 is 1.57 bits per heavy atom. The summed E-state index contributed by atoms with van der Waals surface area (Å²) >= 11 is 0. The van der Waals surface area contributed by atoms with Crippen molar-refractivity contribution < 1.29 is 14.5 Å². The maximum Gasteiger partial charge on any atom is 0.309 e. The first kappa shape index (κ1) is 16.7. The molecule has 1 aliphatic heterocycles. The number of ether oxygens (including phenoxy) is 1. The molecule has 6 nitrogen and oxygen atoms in total. The zero-order valence-corrected chi connectivity index (χ0v) is 13.8. The van der Waals surface area contributed by atoms with Crippen molar-refractivity contribution in [3.05, 3.63) is 10.1 Å². The summed E-state index contributed by atoms with van der Waals surface area (Å²) in [6.45, 7) is 2.44. The quantitative estimate of drug-likeness (QED) is 0.452. The number of carbonyl (C=O) groups is 1. The number of hydrogen-bond donors (Lipinski definition) is 0. The van der Waals surface area contributed by atoms with Crippen molar-refractivity contribution in [2.45, 2.75) is 82.4 Å². The van der Waals surface area contributed by atoms with Crippen LogP contribution in [0.4, 0.5) is 0 Å². The Labute approximate surface area is 137 Å². The van der Waals surface area contributed by atoms with E-state index in [1.165, 1.54) is 25.9 Å². The minimum atomic E-state index is -0.444. The number of nitro groups is 1. The Morgan fingerprint density at radius 1 is 0.957 bits per heavy atom.